The number of nitrogens with one attached hydrogen (secondary N) is 2. The number of carbonyl (C=O) groups excluding carboxylic acids is 1. The molecule has 0 radical (unpaired) electrons. The molecule has 0 fully saturated rings. The number of nitrogens with zero attached hydrogens (tertiary/aromatic N) is 5. The molecule has 5 rings (SSSR count). The second-order valence-corrected chi connectivity index (χ2v) is 11.2. The van der Waals surface area contributed by atoms with Crippen molar-refractivity contribution in [3.8, 4) is 5.75 Å². The normalized spacial score (nSPS) is 13.4. The standard InChI is InChI=1S/C33H41N7O3/c1-24-12-15-28(22-35-24)43-21-20-39(18-6-5-9-27-14-13-26-8-7-17-34-32(26)37-27)19-16-30(25(2)41)38-33-29-10-3-4-11-31(29)36-23-40(33)42/h3-4,10-15,22-23,30,42H,5-9,16-21H2,1-2H3,(H,34,37)/p+1/t30-/m0/s1. The zero-order valence-corrected chi connectivity index (χ0v) is 25.1. The van der Waals surface area contributed by atoms with E-state index < -0.39 is 6.04 Å². The van der Waals surface area contributed by atoms with E-state index in [4.69, 9.17) is 9.72 Å². The number of rotatable bonds is 15. The van der Waals surface area contributed by atoms with Crippen molar-refractivity contribution in [1.82, 2.24) is 19.9 Å². The van der Waals surface area contributed by atoms with Crippen LogP contribution in [0.25, 0.3) is 10.9 Å². The van der Waals surface area contributed by atoms with Crippen LogP contribution in [0.5, 0.6) is 5.75 Å². The third-order valence-electron chi connectivity index (χ3n) is 7.90. The minimum atomic E-state index is -0.471. The number of unbranched alkanes of at least 4 members (excludes halogenated alkanes) is 1. The Balaban J connectivity index is 1.19. The van der Waals surface area contributed by atoms with Gasteiger partial charge in [-0.2, -0.15) is 0 Å². The predicted octanol–water partition coefficient (Wildman–Crippen LogP) is 4.38. The molecule has 1 aliphatic rings. The SMILES string of the molecule is CC(=O)[C@H](CCN(CCCCc1ccc2c(n1)NCCC2)CCOc1ccc(C)nc1)Nc1c2ccccc2nc[n+]1O. The molecule has 10 nitrogen and oxygen atoms in total. The molecular weight excluding hydrogens is 542 g/mol. The molecule has 10 heteroatoms. The largest absolute Gasteiger partial charge is 0.491 e. The van der Waals surface area contributed by atoms with Crippen molar-refractivity contribution in [2.24, 2.45) is 0 Å². The van der Waals surface area contributed by atoms with Crippen LogP contribution in [-0.2, 0) is 17.6 Å². The molecule has 0 spiro atoms. The molecule has 1 aliphatic heterocycles. The number of hydrogen-bond acceptors (Lipinski definition) is 9. The number of ether oxygens (including phenoxy) is 1. The molecule has 4 aromatic rings. The summed E-state index contributed by atoms with van der Waals surface area (Å²) in [6.07, 6.45) is 8.88. The lowest BCUT2D eigenvalue weighted by Crippen LogP contribution is -2.41. The maximum Gasteiger partial charge on any atom is 0.271 e. The first-order valence-corrected chi connectivity index (χ1v) is 15.2. The summed E-state index contributed by atoms with van der Waals surface area (Å²) in [5, 5.41) is 18.0. The monoisotopic (exact) mass is 584 g/mol. The second-order valence-electron chi connectivity index (χ2n) is 11.2. The summed E-state index contributed by atoms with van der Waals surface area (Å²) in [6, 6.07) is 15.3. The number of carbonyl (C=O) groups is 1. The van der Waals surface area contributed by atoms with Crippen LogP contribution in [-0.4, -0.2) is 69.7 Å². The van der Waals surface area contributed by atoms with Crippen molar-refractivity contribution in [3.63, 3.8) is 0 Å². The molecule has 1 atom stereocenters. The van der Waals surface area contributed by atoms with Gasteiger partial charge in [0.1, 0.15) is 24.2 Å². The van der Waals surface area contributed by atoms with Gasteiger partial charge in [0.2, 0.25) is 0 Å². The van der Waals surface area contributed by atoms with Crippen molar-refractivity contribution < 1.29 is 19.5 Å². The smallest absolute Gasteiger partial charge is 0.271 e. The molecule has 226 valence electrons. The average Bonchev–Trinajstić information content (AvgIpc) is 3.02. The molecule has 0 unspecified atom stereocenters. The number of aryl methyl sites for hydroxylation is 3. The van der Waals surface area contributed by atoms with E-state index in [1.807, 2.05) is 43.3 Å². The molecule has 3 aromatic heterocycles. The van der Waals surface area contributed by atoms with E-state index >= 15 is 0 Å². The minimum Gasteiger partial charge on any atom is -0.491 e. The molecule has 43 heavy (non-hydrogen) atoms. The molecule has 3 N–H and O–H groups in total. The van der Waals surface area contributed by atoms with Crippen LogP contribution in [0.4, 0.5) is 11.6 Å². The Labute approximate surface area is 253 Å². The van der Waals surface area contributed by atoms with Gasteiger partial charge in [-0.25, -0.2) is 4.98 Å². The van der Waals surface area contributed by atoms with Crippen LogP contribution in [0.3, 0.4) is 0 Å². The number of Topliss-reactive ketones (excluding diaryl/α,β-unsaturated/α-hetero) is 1. The van der Waals surface area contributed by atoms with E-state index in [2.05, 4.69) is 37.6 Å². The lowest BCUT2D eigenvalue weighted by Gasteiger charge is -2.24. The number of benzene rings is 1. The highest BCUT2D eigenvalue weighted by Crippen LogP contribution is 2.21. The highest BCUT2D eigenvalue weighted by atomic mass is 16.5. The summed E-state index contributed by atoms with van der Waals surface area (Å²) in [6.45, 7) is 7.34. The Hall–Kier alpha value is -4.31. The van der Waals surface area contributed by atoms with Crippen molar-refractivity contribution in [2.75, 3.05) is 43.4 Å². The van der Waals surface area contributed by atoms with Crippen LogP contribution in [0.2, 0.25) is 0 Å². The van der Waals surface area contributed by atoms with E-state index in [9.17, 15) is 10.0 Å². The van der Waals surface area contributed by atoms with Gasteiger partial charge in [-0.15, -0.1) is 4.98 Å². The minimum absolute atomic E-state index is 0.00918. The summed E-state index contributed by atoms with van der Waals surface area (Å²) < 4.78 is 6.93. The number of aromatic nitrogens is 4. The lowest BCUT2D eigenvalue weighted by molar-refractivity contribution is -0.894. The first-order valence-electron chi connectivity index (χ1n) is 15.2. The van der Waals surface area contributed by atoms with Gasteiger partial charge >= 0.3 is 0 Å². The van der Waals surface area contributed by atoms with Gasteiger partial charge in [0, 0.05) is 37.4 Å². The molecular formula is C33H42N7O3+. The van der Waals surface area contributed by atoms with Crippen molar-refractivity contribution in [3.05, 3.63) is 78.0 Å². The molecule has 1 aromatic carbocycles. The maximum absolute atomic E-state index is 12.7. The molecule has 0 amide bonds. The van der Waals surface area contributed by atoms with Crippen LogP contribution >= 0.6 is 0 Å². The summed E-state index contributed by atoms with van der Waals surface area (Å²) in [5.74, 6) is 2.26. The van der Waals surface area contributed by atoms with E-state index in [0.29, 0.717) is 25.4 Å². The Morgan fingerprint density at radius 2 is 2.00 bits per heavy atom. The first kappa shape index (κ1) is 30.2. The van der Waals surface area contributed by atoms with Gasteiger partial charge in [0.15, 0.2) is 11.3 Å². The van der Waals surface area contributed by atoms with Gasteiger partial charge in [-0.05, 0) is 88.4 Å². The lowest BCUT2D eigenvalue weighted by atomic mass is 10.1. The van der Waals surface area contributed by atoms with Gasteiger partial charge < -0.3 is 15.3 Å². The van der Waals surface area contributed by atoms with Crippen molar-refractivity contribution >= 4 is 28.3 Å². The maximum atomic E-state index is 12.7. The summed E-state index contributed by atoms with van der Waals surface area (Å²) in [5.41, 5.74) is 4.13. The Bertz CT molecular complexity index is 1510. The van der Waals surface area contributed by atoms with Gasteiger partial charge in [-0.3, -0.25) is 20.0 Å². The Morgan fingerprint density at radius 3 is 2.84 bits per heavy atom. The number of hydrogen-bond donors (Lipinski definition) is 3. The molecule has 0 bridgehead atoms. The fourth-order valence-corrected chi connectivity index (χ4v) is 5.40. The molecule has 0 aliphatic carbocycles. The van der Waals surface area contributed by atoms with Gasteiger partial charge in [0.05, 0.1) is 11.6 Å². The number of anilines is 2. The topological polar surface area (TPSA) is 116 Å². The fourth-order valence-electron chi connectivity index (χ4n) is 5.40. The third-order valence-corrected chi connectivity index (χ3v) is 7.90. The average molecular weight is 585 g/mol. The van der Waals surface area contributed by atoms with E-state index in [-0.39, 0.29) is 5.78 Å². The highest BCUT2D eigenvalue weighted by molar-refractivity contribution is 5.90. The predicted molar refractivity (Wildman–Crippen MR) is 167 cm³/mol. The number of fused-ring (bicyclic) bond motifs is 2. The number of pyridine rings is 2. The summed E-state index contributed by atoms with van der Waals surface area (Å²) >= 11 is 0. The van der Waals surface area contributed by atoms with E-state index in [0.717, 1.165) is 90.3 Å². The zero-order valence-electron chi connectivity index (χ0n) is 25.1. The first-order chi connectivity index (χ1) is 21.0. The van der Waals surface area contributed by atoms with Crippen LogP contribution in [0.15, 0.2) is 61.1 Å². The fraction of sp³-hybridized carbons (Fsp3) is 0.424. The van der Waals surface area contributed by atoms with Crippen molar-refractivity contribution in [1.29, 1.82) is 0 Å². The van der Waals surface area contributed by atoms with Crippen LogP contribution in [0, 0.1) is 6.92 Å². The number of ketones is 1. The Kier molecular flexibility index (Phi) is 10.3. The third kappa shape index (κ3) is 8.38. The highest BCUT2D eigenvalue weighted by Gasteiger charge is 2.24. The molecule has 0 saturated heterocycles. The summed E-state index contributed by atoms with van der Waals surface area (Å²) in [4.78, 5) is 28.5. The zero-order chi connectivity index (χ0) is 30.0. The van der Waals surface area contributed by atoms with Gasteiger partial charge in [0.25, 0.3) is 12.1 Å². The van der Waals surface area contributed by atoms with Gasteiger partial charge in [-0.1, -0.05) is 22.9 Å². The van der Waals surface area contributed by atoms with E-state index in [1.54, 1.807) is 13.1 Å². The van der Waals surface area contributed by atoms with E-state index in [1.165, 1.54) is 11.9 Å². The number of para-hydroxylation sites is 1. The molecule has 0 saturated carbocycles. The van der Waals surface area contributed by atoms with Crippen molar-refractivity contribution in [2.45, 2.75) is 58.4 Å². The quantitative estimate of drug-likeness (QED) is 0.106. The van der Waals surface area contributed by atoms with Crippen LogP contribution in [0.1, 0.15) is 49.6 Å². The summed E-state index contributed by atoms with van der Waals surface area (Å²) in [7, 11) is 0. The second kappa shape index (κ2) is 14.7. The molecule has 4 heterocycles. The Morgan fingerprint density at radius 1 is 1.12 bits per heavy atom. The van der Waals surface area contributed by atoms with Crippen LogP contribution < -0.4 is 20.1 Å².